The number of aromatic hydroxyl groups is 1. The van der Waals surface area contributed by atoms with Gasteiger partial charge in [0.25, 0.3) is 0 Å². The van der Waals surface area contributed by atoms with Gasteiger partial charge in [0.15, 0.2) is 0 Å². The van der Waals surface area contributed by atoms with Crippen LogP contribution < -0.4 is 10.9 Å². The number of hydrogen-bond donors (Lipinski definition) is 3. The van der Waals surface area contributed by atoms with Crippen LogP contribution in [0.5, 0.6) is 5.75 Å². The highest BCUT2D eigenvalue weighted by Crippen LogP contribution is 2.37. The first kappa shape index (κ1) is 25.0. The van der Waals surface area contributed by atoms with Crippen molar-refractivity contribution in [2.24, 2.45) is 0 Å². The predicted octanol–water partition coefficient (Wildman–Crippen LogP) is 4.51. The number of hydrogen-bond acceptors (Lipinski definition) is 6. The number of rotatable bonds is 6. The van der Waals surface area contributed by atoms with Crippen LogP contribution in [0, 0.1) is 13.8 Å². The lowest BCUT2D eigenvalue weighted by Crippen LogP contribution is -2.43. The zero-order valence-electron chi connectivity index (χ0n) is 20.9. The number of nitrogens with one attached hydrogen (secondary N) is 1. The molecule has 0 radical (unpaired) electrons. The number of carboxylic acid groups (broad SMARTS) is 1. The molecule has 3 N–H and O–H groups in total. The van der Waals surface area contributed by atoms with E-state index in [1.165, 1.54) is 12.1 Å². The standard InChI is InChI=1S/C28H29NO7/c1-14-18-11-20-21(28(3,4)5)13-35-24(20)15(2)25(18)36-27(34)19(14)12-23(31)29-22(26(32)33)10-16-6-8-17(30)9-7-16/h6-9,11,13,22,30H,10,12H2,1-5H3,(H,29,31)(H,32,33). The molecule has 4 aromatic rings. The molecule has 8 nitrogen and oxygen atoms in total. The lowest BCUT2D eigenvalue weighted by molar-refractivity contribution is -0.141. The summed E-state index contributed by atoms with van der Waals surface area (Å²) in [6.45, 7) is 9.84. The first-order valence-corrected chi connectivity index (χ1v) is 11.6. The third kappa shape index (κ3) is 4.71. The quantitative estimate of drug-likeness (QED) is 0.338. The van der Waals surface area contributed by atoms with Crippen molar-refractivity contribution in [1.82, 2.24) is 5.32 Å². The number of carbonyl (C=O) groups is 2. The Bertz CT molecular complexity index is 1540. The molecular formula is C28H29NO7. The second-order valence-corrected chi connectivity index (χ2v) is 10.2. The summed E-state index contributed by atoms with van der Waals surface area (Å²) in [6, 6.07) is 6.80. The summed E-state index contributed by atoms with van der Waals surface area (Å²) in [5.74, 6) is -1.75. The van der Waals surface area contributed by atoms with E-state index in [2.05, 4.69) is 26.1 Å². The number of benzene rings is 2. The van der Waals surface area contributed by atoms with E-state index in [1.807, 2.05) is 13.0 Å². The fraction of sp³-hybridized carbons (Fsp3) is 0.321. The maximum Gasteiger partial charge on any atom is 0.340 e. The maximum atomic E-state index is 12.9. The number of phenolic OH excluding ortho intramolecular Hbond substituents is 1. The summed E-state index contributed by atoms with van der Waals surface area (Å²) in [6.07, 6.45) is 1.43. The van der Waals surface area contributed by atoms with Crippen molar-refractivity contribution in [2.75, 3.05) is 0 Å². The van der Waals surface area contributed by atoms with Crippen molar-refractivity contribution in [3.05, 3.63) is 74.8 Å². The molecule has 0 fully saturated rings. The highest BCUT2D eigenvalue weighted by Gasteiger charge is 2.25. The predicted molar refractivity (Wildman–Crippen MR) is 136 cm³/mol. The van der Waals surface area contributed by atoms with Gasteiger partial charge in [0.05, 0.1) is 18.2 Å². The molecule has 0 spiro atoms. The third-order valence-electron chi connectivity index (χ3n) is 6.50. The van der Waals surface area contributed by atoms with Crippen LogP contribution in [0.3, 0.4) is 0 Å². The molecule has 1 atom stereocenters. The Morgan fingerprint density at radius 3 is 2.31 bits per heavy atom. The summed E-state index contributed by atoms with van der Waals surface area (Å²) in [5, 5.41) is 23.1. The number of furan rings is 1. The van der Waals surface area contributed by atoms with Crippen LogP contribution in [0.25, 0.3) is 21.9 Å². The van der Waals surface area contributed by atoms with E-state index in [9.17, 15) is 24.6 Å². The number of aryl methyl sites for hydroxylation is 2. The molecule has 2 aromatic carbocycles. The van der Waals surface area contributed by atoms with Crippen molar-refractivity contribution in [3.8, 4) is 5.75 Å². The lowest BCUT2D eigenvalue weighted by atomic mass is 9.86. The third-order valence-corrected chi connectivity index (χ3v) is 6.50. The summed E-state index contributed by atoms with van der Waals surface area (Å²) >= 11 is 0. The highest BCUT2D eigenvalue weighted by molar-refractivity contribution is 6.00. The largest absolute Gasteiger partial charge is 0.508 e. The minimum Gasteiger partial charge on any atom is -0.508 e. The zero-order valence-corrected chi connectivity index (χ0v) is 20.9. The summed E-state index contributed by atoms with van der Waals surface area (Å²) in [7, 11) is 0. The van der Waals surface area contributed by atoms with Gasteiger partial charge in [0.1, 0.15) is 23.0 Å². The van der Waals surface area contributed by atoms with Gasteiger partial charge in [-0.15, -0.1) is 0 Å². The van der Waals surface area contributed by atoms with E-state index < -0.39 is 23.5 Å². The highest BCUT2D eigenvalue weighted by atomic mass is 16.4. The second-order valence-electron chi connectivity index (χ2n) is 10.2. The molecule has 0 aliphatic heterocycles. The SMILES string of the molecule is Cc1c(CC(=O)NC(Cc2ccc(O)cc2)C(=O)O)c(=O)oc2c(C)c3occ(C(C)(C)C)c3cc12. The molecule has 4 rings (SSSR count). The van der Waals surface area contributed by atoms with E-state index >= 15 is 0 Å². The monoisotopic (exact) mass is 491 g/mol. The van der Waals surface area contributed by atoms with Crippen LogP contribution >= 0.6 is 0 Å². The Kier molecular flexibility index (Phi) is 6.39. The molecule has 0 aliphatic carbocycles. The lowest BCUT2D eigenvalue weighted by Gasteiger charge is -2.17. The van der Waals surface area contributed by atoms with E-state index in [0.717, 1.165) is 10.9 Å². The molecule has 2 heterocycles. The molecule has 1 amide bonds. The number of carbonyl (C=O) groups excluding carboxylic acids is 1. The van der Waals surface area contributed by atoms with Gasteiger partial charge in [0, 0.05) is 28.3 Å². The number of amides is 1. The first-order valence-electron chi connectivity index (χ1n) is 11.6. The normalized spacial score (nSPS) is 12.7. The van der Waals surface area contributed by atoms with Crippen molar-refractivity contribution < 1.29 is 28.6 Å². The Balaban J connectivity index is 1.67. The van der Waals surface area contributed by atoms with Crippen LogP contribution in [0.2, 0.25) is 0 Å². The van der Waals surface area contributed by atoms with Crippen LogP contribution in [0.15, 0.2) is 50.2 Å². The van der Waals surface area contributed by atoms with E-state index in [1.54, 1.807) is 25.3 Å². The number of phenols is 1. The second kappa shape index (κ2) is 9.18. The van der Waals surface area contributed by atoms with Gasteiger partial charge in [0.2, 0.25) is 5.91 Å². The van der Waals surface area contributed by atoms with Gasteiger partial charge in [-0.25, -0.2) is 9.59 Å². The van der Waals surface area contributed by atoms with E-state index in [-0.39, 0.29) is 29.6 Å². The summed E-state index contributed by atoms with van der Waals surface area (Å²) in [5.41, 5.74) is 3.38. The van der Waals surface area contributed by atoms with Crippen LogP contribution in [-0.2, 0) is 27.8 Å². The maximum absolute atomic E-state index is 12.9. The first-order chi connectivity index (χ1) is 16.9. The number of fused-ring (bicyclic) bond motifs is 2. The van der Waals surface area contributed by atoms with E-state index in [4.69, 9.17) is 8.83 Å². The molecule has 2 aromatic heterocycles. The molecule has 1 unspecified atom stereocenters. The molecule has 36 heavy (non-hydrogen) atoms. The van der Waals surface area contributed by atoms with Crippen molar-refractivity contribution in [1.29, 1.82) is 0 Å². The van der Waals surface area contributed by atoms with E-state index in [0.29, 0.717) is 33.2 Å². The van der Waals surface area contributed by atoms with Gasteiger partial charge in [-0.1, -0.05) is 32.9 Å². The summed E-state index contributed by atoms with van der Waals surface area (Å²) in [4.78, 5) is 37.5. The van der Waals surface area contributed by atoms with Crippen LogP contribution in [0.4, 0.5) is 0 Å². The van der Waals surface area contributed by atoms with Gasteiger partial charge < -0.3 is 24.4 Å². The molecule has 188 valence electrons. The zero-order chi connectivity index (χ0) is 26.4. The minimum absolute atomic E-state index is 0.0277. The Morgan fingerprint density at radius 1 is 1.03 bits per heavy atom. The van der Waals surface area contributed by atoms with Crippen LogP contribution in [0.1, 0.15) is 48.6 Å². The topological polar surface area (TPSA) is 130 Å². The van der Waals surface area contributed by atoms with Crippen molar-refractivity contribution in [2.45, 2.75) is 58.9 Å². The smallest absolute Gasteiger partial charge is 0.340 e. The number of aliphatic carboxylic acids is 1. The Labute approximate surface area is 207 Å². The minimum atomic E-state index is -1.20. The van der Waals surface area contributed by atoms with Gasteiger partial charge >= 0.3 is 11.6 Å². The average molecular weight is 492 g/mol. The molecule has 0 saturated heterocycles. The summed E-state index contributed by atoms with van der Waals surface area (Å²) < 4.78 is 11.4. The molecule has 0 bridgehead atoms. The van der Waals surface area contributed by atoms with Crippen molar-refractivity contribution in [3.63, 3.8) is 0 Å². The fourth-order valence-electron chi connectivity index (χ4n) is 4.46. The average Bonchev–Trinajstić information content (AvgIpc) is 3.23. The van der Waals surface area contributed by atoms with Crippen molar-refractivity contribution >= 4 is 33.8 Å². The van der Waals surface area contributed by atoms with Gasteiger partial charge in [-0.2, -0.15) is 0 Å². The molecule has 8 heteroatoms. The van der Waals surface area contributed by atoms with Gasteiger partial charge in [-0.3, -0.25) is 4.79 Å². The Hall–Kier alpha value is -4.07. The molecular weight excluding hydrogens is 462 g/mol. The molecule has 0 saturated carbocycles. The van der Waals surface area contributed by atoms with Gasteiger partial charge in [-0.05, 0) is 48.6 Å². The van der Waals surface area contributed by atoms with Crippen LogP contribution in [-0.4, -0.2) is 28.1 Å². The Morgan fingerprint density at radius 2 is 1.69 bits per heavy atom. The number of carboxylic acids is 1. The molecule has 0 aliphatic rings. The fourth-order valence-corrected chi connectivity index (χ4v) is 4.46.